The maximum absolute atomic E-state index is 13.4. The van der Waals surface area contributed by atoms with E-state index in [2.05, 4.69) is 0 Å². The van der Waals surface area contributed by atoms with Crippen LogP contribution in [-0.2, 0) is 33.2 Å². The molecule has 17 heteroatoms. The first-order chi connectivity index (χ1) is 39.8. The molecule has 1 N–H and O–H groups in total. The van der Waals surface area contributed by atoms with E-state index in [1.807, 2.05) is 48.5 Å². The molecular formula is C66H62O15S2. The molecule has 83 heavy (non-hydrogen) atoms. The van der Waals surface area contributed by atoms with Gasteiger partial charge < -0.3 is 38.3 Å². The fraction of sp³-hybridized carbons (Fsp3) is 0.258. The minimum atomic E-state index is -1.22. The van der Waals surface area contributed by atoms with Crippen LogP contribution >= 0.6 is 23.5 Å². The standard InChI is InChI=1S/C37H34O8S.C29H28O7S/c1-22-5-13-26(14-6-22)33(38)42-21-30-31(43-34(39)27-15-7-23(2)8-16-27)32(44-35(40)28-17-9-24(3)10-18-28)37(46-30)45-36(41)29-19-11-25(4)12-20-29;1-17-4-10-20(11-5-17)26(30)34-16-23-24(35-27(31)21-12-6-18(2)7-13-21)25(29(33)37-23)36-28(32)22-14-8-19(3)9-15-22/h5-20,30-32,37H,21H2,1-4H3;4-15,23-25,29,33H,16H2,1-3H3/t30-,31+,32+,37?;23-,24+,25+,29?/m11/s1. The van der Waals surface area contributed by atoms with E-state index < -0.39 is 87.6 Å². The number of rotatable bonds is 16. The van der Waals surface area contributed by atoms with E-state index >= 15 is 0 Å². The smallest absolute Gasteiger partial charge is 0.339 e. The molecule has 0 spiro atoms. The highest BCUT2D eigenvalue weighted by Crippen LogP contribution is 2.41. The number of aliphatic hydroxyl groups is 1. The number of hydrogen-bond acceptors (Lipinski definition) is 17. The first kappa shape index (κ1) is 60.6. The average Bonchev–Trinajstić information content (AvgIpc) is 4.04. The Morgan fingerprint density at radius 1 is 0.301 bits per heavy atom. The van der Waals surface area contributed by atoms with Crippen LogP contribution in [0.25, 0.3) is 0 Å². The first-order valence-electron chi connectivity index (χ1n) is 26.6. The van der Waals surface area contributed by atoms with Crippen LogP contribution < -0.4 is 0 Å². The van der Waals surface area contributed by atoms with E-state index in [4.69, 9.17) is 33.2 Å². The number of hydrogen-bond donors (Lipinski definition) is 1. The van der Waals surface area contributed by atoms with Crippen LogP contribution in [0.3, 0.4) is 0 Å². The van der Waals surface area contributed by atoms with Gasteiger partial charge in [0.2, 0.25) is 0 Å². The molecule has 2 aliphatic rings. The lowest BCUT2D eigenvalue weighted by molar-refractivity contribution is -0.0607. The lowest BCUT2D eigenvalue weighted by Gasteiger charge is -2.25. The monoisotopic (exact) mass is 1160 g/mol. The Kier molecular flexibility index (Phi) is 20.4. The molecule has 2 unspecified atom stereocenters. The van der Waals surface area contributed by atoms with Gasteiger partial charge in [-0.3, -0.25) is 0 Å². The first-order valence-corrected chi connectivity index (χ1v) is 28.5. The van der Waals surface area contributed by atoms with Crippen LogP contribution in [0, 0.1) is 48.5 Å². The van der Waals surface area contributed by atoms with Crippen LogP contribution in [0.4, 0.5) is 0 Å². The summed E-state index contributed by atoms with van der Waals surface area (Å²) in [5.74, 6) is -4.39. The highest BCUT2D eigenvalue weighted by Gasteiger charge is 2.52. The van der Waals surface area contributed by atoms with Crippen molar-refractivity contribution in [2.24, 2.45) is 0 Å². The molecule has 0 bridgehead atoms. The quantitative estimate of drug-likeness (QED) is 0.0706. The molecule has 2 saturated heterocycles. The topological polar surface area (TPSA) is 204 Å². The Morgan fingerprint density at radius 2 is 0.518 bits per heavy atom. The summed E-state index contributed by atoms with van der Waals surface area (Å²) >= 11 is 2.12. The van der Waals surface area contributed by atoms with Gasteiger partial charge in [0.1, 0.15) is 18.6 Å². The molecule has 2 fully saturated rings. The molecule has 7 aromatic carbocycles. The number of esters is 7. The molecule has 7 aromatic rings. The lowest BCUT2D eigenvalue weighted by atomic mass is 10.1. The zero-order valence-corrected chi connectivity index (χ0v) is 48.3. The van der Waals surface area contributed by atoms with E-state index in [9.17, 15) is 38.7 Å². The molecule has 2 aliphatic heterocycles. The van der Waals surface area contributed by atoms with Crippen LogP contribution in [-0.4, -0.2) is 106 Å². The van der Waals surface area contributed by atoms with Crippen molar-refractivity contribution in [1.29, 1.82) is 0 Å². The normalized spacial score (nSPS) is 19.7. The number of carbonyl (C=O) groups excluding carboxylic acids is 7. The Labute approximate surface area is 489 Å². The highest BCUT2D eigenvalue weighted by molar-refractivity contribution is 8.01. The van der Waals surface area contributed by atoms with Gasteiger partial charge in [-0.05, 0) is 133 Å². The van der Waals surface area contributed by atoms with Crippen LogP contribution in [0.1, 0.15) is 111 Å². The Morgan fingerprint density at radius 3 is 0.807 bits per heavy atom. The summed E-state index contributed by atoms with van der Waals surface area (Å²) in [6.45, 7) is 13.0. The second-order valence-electron chi connectivity index (χ2n) is 20.3. The third-order valence-corrected chi connectivity index (χ3v) is 16.2. The lowest BCUT2D eigenvalue weighted by Crippen LogP contribution is -2.42. The maximum atomic E-state index is 13.4. The summed E-state index contributed by atoms with van der Waals surface area (Å²) in [6.07, 6.45) is -4.55. The number of ether oxygens (including phenoxy) is 7. The number of benzene rings is 7. The fourth-order valence-electron chi connectivity index (χ4n) is 8.55. The van der Waals surface area contributed by atoms with Gasteiger partial charge in [0.25, 0.3) is 0 Å². The highest BCUT2D eigenvalue weighted by atomic mass is 32.2. The predicted molar refractivity (Wildman–Crippen MR) is 314 cm³/mol. The fourth-order valence-corrected chi connectivity index (χ4v) is 11.1. The number of thioether (sulfide) groups is 2. The Balaban J connectivity index is 0.000000222. The summed E-state index contributed by atoms with van der Waals surface area (Å²) in [5, 5.41) is 9.36. The maximum Gasteiger partial charge on any atom is 0.339 e. The van der Waals surface area contributed by atoms with Gasteiger partial charge in [-0.1, -0.05) is 124 Å². The number of aryl methyl sites for hydroxylation is 7. The van der Waals surface area contributed by atoms with Gasteiger partial charge >= 0.3 is 41.8 Å². The van der Waals surface area contributed by atoms with Gasteiger partial charge in [0.15, 0.2) is 29.9 Å². The van der Waals surface area contributed by atoms with Crippen molar-refractivity contribution >= 4 is 65.3 Å². The van der Waals surface area contributed by atoms with Crippen LogP contribution in [0.2, 0.25) is 0 Å². The average molecular weight is 1160 g/mol. The molecule has 8 atom stereocenters. The van der Waals surface area contributed by atoms with Gasteiger partial charge in [0.05, 0.1) is 49.4 Å². The Hall–Kier alpha value is -8.51. The van der Waals surface area contributed by atoms with Crippen molar-refractivity contribution in [2.45, 2.75) is 94.3 Å². The largest absolute Gasteiger partial charge is 0.461 e. The second-order valence-corrected chi connectivity index (χ2v) is 23.0. The van der Waals surface area contributed by atoms with Gasteiger partial charge in [-0.15, -0.1) is 23.5 Å². The Bertz CT molecular complexity index is 3400. The van der Waals surface area contributed by atoms with E-state index in [1.165, 1.54) is 0 Å². The van der Waals surface area contributed by atoms with E-state index in [0.29, 0.717) is 27.8 Å². The SMILES string of the molecule is Cc1ccc(C(=O)OC[C@H]2SC(O)[C@@H](OC(=O)c3ccc(C)cc3)[C@H]2OC(=O)c2ccc(C)cc2)cc1.Cc1ccc(C(=O)OC[C@H]2SC(OC(=O)c3ccc(C)cc3)[C@@H](OC(=O)c3ccc(C)cc3)[C@H]2OC(=O)c2ccc(C)cc2)cc1. The third kappa shape index (κ3) is 16.4. The molecule has 0 aromatic heterocycles. The summed E-state index contributed by atoms with van der Waals surface area (Å²) in [5.41, 5.74) is 6.79. The van der Waals surface area contributed by atoms with Gasteiger partial charge in [-0.2, -0.15) is 0 Å². The van der Waals surface area contributed by atoms with Gasteiger partial charge in [0, 0.05) is 0 Å². The zero-order valence-electron chi connectivity index (χ0n) is 46.7. The molecule has 0 radical (unpaired) electrons. The van der Waals surface area contributed by atoms with Crippen molar-refractivity contribution in [2.75, 3.05) is 13.2 Å². The predicted octanol–water partition coefficient (Wildman–Crippen LogP) is 11.5. The summed E-state index contributed by atoms with van der Waals surface area (Å²) in [6, 6.07) is 48.0. The van der Waals surface area contributed by atoms with Crippen molar-refractivity contribution < 1.29 is 71.8 Å². The molecule has 0 amide bonds. The van der Waals surface area contributed by atoms with Crippen molar-refractivity contribution in [3.63, 3.8) is 0 Å². The van der Waals surface area contributed by atoms with Crippen molar-refractivity contribution in [3.8, 4) is 0 Å². The van der Waals surface area contributed by atoms with Crippen molar-refractivity contribution in [3.05, 3.63) is 248 Å². The number of aliphatic hydroxyl groups excluding tert-OH is 1. The molecule has 0 aliphatic carbocycles. The minimum absolute atomic E-state index is 0.154. The minimum Gasteiger partial charge on any atom is -0.461 e. The van der Waals surface area contributed by atoms with Crippen molar-refractivity contribution in [1.82, 2.24) is 0 Å². The molecular weight excluding hydrogens is 1100 g/mol. The zero-order chi connectivity index (χ0) is 59.3. The summed E-state index contributed by atoms with van der Waals surface area (Å²) < 4.78 is 40.3. The summed E-state index contributed by atoms with van der Waals surface area (Å²) in [4.78, 5) is 91.2. The molecule has 0 saturated carbocycles. The summed E-state index contributed by atoms with van der Waals surface area (Å²) in [7, 11) is 0. The molecule has 15 nitrogen and oxygen atoms in total. The van der Waals surface area contributed by atoms with Crippen LogP contribution in [0.5, 0.6) is 0 Å². The molecule has 2 heterocycles. The van der Waals surface area contributed by atoms with Gasteiger partial charge in [-0.25, -0.2) is 33.6 Å². The second kappa shape index (κ2) is 28.0. The third-order valence-electron chi connectivity index (χ3n) is 13.5. The van der Waals surface area contributed by atoms with E-state index in [0.717, 1.165) is 62.5 Å². The molecule has 428 valence electrons. The number of carbonyl (C=O) groups is 7. The van der Waals surface area contributed by atoms with E-state index in [1.54, 1.807) is 170 Å². The van der Waals surface area contributed by atoms with E-state index in [-0.39, 0.29) is 24.3 Å². The molecule has 9 rings (SSSR count). The van der Waals surface area contributed by atoms with Crippen LogP contribution in [0.15, 0.2) is 170 Å².